The molecule has 180 valence electrons. The highest BCUT2D eigenvalue weighted by molar-refractivity contribution is 6.33. The van der Waals surface area contributed by atoms with Crippen LogP contribution in [0.1, 0.15) is 25.0 Å². The van der Waals surface area contributed by atoms with Crippen molar-refractivity contribution in [1.82, 2.24) is 0 Å². The number of hydrogen-bond acceptors (Lipinski definition) is 4. The van der Waals surface area contributed by atoms with E-state index in [4.69, 9.17) is 21.1 Å². The summed E-state index contributed by atoms with van der Waals surface area (Å²) in [5, 5.41) is 8.60. The van der Waals surface area contributed by atoms with Crippen LogP contribution in [0.25, 0.3) is 16.8 Å². The number of fused-ring (bicyclic) bond motifs is 1. The van der Waals surface area contributed by atoms with Crippen LogP contribution in [-0.2, 0) is 11.4 Å². The monoisotopic (exact) mass is 496 g/mol. The van der Waals surface area contributed by atoms with Crippen LogP contribution < -0.4 is 14.5 Å². The van der Waals surface area contributed by atoms with Crippen LogP contribution >= 0.6 is 11.6 Å². The van der Waals surface area contributed by atoms with Gasteiger partial charge in [0.05, 0.1) is 28.6 Å². The molecule has 0 saturated carbocycles. The van der Waals surface area contributed by atoms with Crippen molar-refractivity contribution in [1.29, 1.82) is 0 Å². The fraction of sp³-hybridized carbons (Fsp3) is 0.133. The molecule has 0 aromatic heterocycles. The molecular weight excluding hydrogens is 472 g/mol. The molecule has 4 aromatic carbocycles. The minimum absolute atomic E-state index is 0.190. The van der Waals surface area contributed by atoms with Gasteiger partial charge in [0.2, 0.25) is 0 Å². The fourth-order valence-electron chi connectivity index (χ4n) is 4.15. The van der Waals surface area contributed by atoms with Gasteiger partial charge in [-0.1, -0.05) is 66.2 Å². The summed E-state index contributed by atoms with van der Waals surface area (Å²) in [6, 6.07) is 27.4. The zero-order valence-electron chi connectivity index (χ0n) is 20.1. The van der Waals surface area contributed by atoms with E-state index in [1.165, 1.54) is 10.4 Å². The lowest BCUT2D eigenvalue weighted by atomic mass is 10.1. The zero-order chi connectivity index (χ0) is 25.1. The van der Waals surface area contributed by atoms with Crippen LogP contribution in [0.2, 0.25) is 5.02 Å². The molecule has 36 heavy (non-hydrogen) atoms. The second kappa shape index (κ2) is 10.3. The standard InChI is InChI=1S/C30H25ClN2O3/c1-3-35-28-18-22(16-26-20(2)32-33(30(26)34)25-11-5-4-6-12-25)17-27(31)29(28)36-19-21-13-14-23-9-7-8-10-24(23)15-21/h4-18H,3,19H2,1-2H3/b26-16+. The minimum Gasteiger partial charge on any atom is -0.490 e. The van der Waals surface area contributed by atoms with Crippen molar-refractivity contribution in [3.8, 4) is 11.5 Å². The molecule has 1 aliphatic heterocycles. The molecule has 1 aliphatic rings. The van der Waals surface area contributed by atoms with Gasteiger partial charge in [0, 0.05) is 0 Å². The molecule has 0 atom stereocenters. The lowest BCUT2D eigenvalue weighted by molar-refractivity contribution is -0.114. The molecule has 0 aliphatic carbocycles. The summed E-state index contributed by atoms with van der Waals surface area (Å²) in [6.45, 7) is 4.52. The number of hydrogen-bond donors (Lipinski definition) is 0. The molecule has 5 nitrogen and oxygen atoms in total. The van der Waals surface area contributed by atoms with Crippen molar-refractivity contribution < 1.29 is 14.3 Å². The molecule has 0 bridgehead atoms. The first-order valence-electron chi connectivity index (χ1n) is 11.8. The zero-order valence-corrected chi connectivity index (χ0v) is 20.8. The Hall–Kier alpha value is -4.09. The van der Waals surface area contributed by atoms with E-state index in [1.807, 2.05) is 68.4 Å². The highest BCUT2D eigenvalue weighted by Crippen LogP contribution is 2.38. The summed E-state index contributed by atoms with van der Waals surface area (Å²) < 4.78 is 12.0. The Balaban J connectivity index is 1.41. The lowest BCUT2D eigenvalue weighted by Gasteiger charge is -2.15. The number of benzene rings is 4. The second-order valence-corrected chi connectivity index (χ2v) is 8.84. The predicted molar refractivity (Wildman–Crippen MR) is 146 cm³/mol. The highest BCUT2D eigenvalue weighted by Gasteiger charge is 2.28. The van der Waals surface area contributed by atoms with E-state index in [-0.39, 0.29) is 5.91 Å². The Morgan fingerprint density at radius 2 is 1.67 bits per heavy atom. The van der Waals surface area contributed by atoms with Gasteiger partial charge in [0.15, 0.2) is 11.5 Å². The van der Waals surface area contributed by atoms with Crippen LogP contribution in [0.4, 0.5) is 5.69 Å². The first-order valence-corrected chi connectivity index (χ1v) is 12.1. The summed E-state index contributed by atoms with van der Waals surface area (Å²) in [5.41, 5.74) is 3.62. The Bertz CT molecular complexity index is 1500. The van der Waals surface area contributed by atoms with E-state index in [0.29, 0.717) is 41.0 Å². The van der Waals surface area contributed by atoms with E-state index in [9.17, 15) is 4.79 Å². The van der Waals surface area contributed by atoms with Gasteiger partial charge in [-0.25, -0.2) is 0 Å². The molecule has 0 saturated heterocycles. The molecule has 5 rings (SSSR count). The van der Waals surface area contributed by atoms with Crippen molar-refractivity contribution in [3.63, 3.8) is 0 Å². The van der Waals surface area contributed by atoms with Gasteiger partial charge in [-0.15, -0.1) is 0 Å². The number of carbonyl (C=O) groups excluding carboxylic acids is 1. The Labute approximate surface area is 215 Å². The SMILES string of the molecule is CCOc1cc(/C=C2/C(=O)N(c3ccccc3)N=C2C)cc(Cl)c1OCc1ccc2ccccc2c1. The largest absolute Gasteiger partial charge is 0.490 e. The van der Waals surface area contributed by atoms with Crippen molar-refractivity contribution in [2.24, 2.45) is 5.10 Å². The van der Waals surface area contributed by atoms with Gasteiger partial charge in [0.1, 0.15) is 6.61 Å². The molecular formula is C30H25ClN2O3. The van der Waals surface area contributed by atoms with E-state index in [1.54, 1.807) is 12.1 Å². The van der Waals surface area contributed by atoms with E-state index in [2.05, 4.69) is 29.4 Å². The number of amides is 1. The maximum Gasteiger partial charge on any atom is 0.280 e. The van der Waals surface area contributed by atoms with Crippen molar-refractivity contribution in [3.05, 3.63) is 107 Å². The number of para-hydroxylation sites is 1. The van der Waals surface area contributed by atoms with Gasteiger partial charge in [-0.05, 0) is 72.2 Å². The normalized spacial score (nSPS) is 14.4. The quantitative estimate of drug-likeness (QED) is 0.253. The summed E-state index contributed by atoms with van der Waals surface area (Å²) >= 11 is 6.65. The number of hydrazone groups is 1. The van der Waals surface area contributed by atoms with Crippen LogP contribution in [0.3, 0.4) is 0 Å². The number of rotatable bonds is 7. The molecule has 0 unspecified atom stereocenters. The molecule has 0 radical (unpaired) electrons. The smallest absolute Gasteiger partial charge is 0.280 e. The van der Waals surface area contributed by atoms with Crippen LogP contribution in [0, 0.1) is 0 Å². The molecule has 0 spiro atoms. The third kappa shape index (κ3) is 4.83. The van der Waals surface area contributed by atoms with Crippen LogP contribution in [0.15, 0.2) is 95.6 Å². The topological polar surface area (TPSA) is 51.1 Å². The van der Waals surface area contributed by atoms with E-state index in [0.717, 1.165) is 22.2 Å². The van der Waals surface area contributed by atoms with Crippen molar-refractivity contribution in [2.45, 2.75) is 20.5 Å². The molecule has 1 amide bonds. The molecule has 6 heteroatoms. The predicted octanol–water partition coefficient (Wildman–Crippen LogP) is 7.28. The van der Waals surface area contributed by atoms with Crippen molar-refractivity contribution >= 4 is 45.8 Å². The maximum atomic E-state index is 13.1. The molecule has 4 aromatic rings. The number of ether oxygens (including phenoxy) is 2. The summed E-state index contributed by atoms with van der Waals surface area (Å²) in [5.74, 6) is 0.810. The fourth-order valence-corrected chi connectivity index (χ4v) is 4.43. The highest BCUT2D eigenvalue weighted by atomic mass is 35.5. The molecule has 0 fully saturated rings. The van der Waals surface area contributed by atoms with E-state index < -0.39 is 0 Å². The first-order chi connectivity index (χ1) is 17.5. The minimum atomic E-state index is -0.190. The van der Waals surface area contributed by atoms with Crippen molar-refractivity contribution in [2.75, 3.05) is 11.6 Å². The van der Waals surface area contributed by atoms with Gasteiger partial charge < -0.3 is 9.47 Å². The van der Waals surface area contributed by atoms with Gasteiger partial charge >= 0.3 is 0 Å². The van der Waals surface area contributed by atoms with Crippen LogP contribution in [0.5, 0.6) is 11.5 Å². The maximum absolute atomic E-state index is 13.1. The van der Waals surface area contributed by atoms with Gasteiger partial charge in [-0.3, -0.25) is 4.79 Å². The Morgan fingerprint density at radius 1 is 0.917 bits per heavy atom. The summed E-state index contributed by atoms with van der Waals surface area (Å²) in [6.07, 6.45) is 1.78. The molecule has 1 heterocycles. The summed E-state index contributed by atoms with van der Waals surface area (Å²) in [4.78, 5) is 13.1. The molecule has 0 N–H and O–H groups in total. The van der Waals surface area contributed by atoms with E-state index >= 15 is 0 Å². The second-order valence-electron chi connectivity index (χ2n) is 8.43. The lowest BCUT2D eigenvalue weighted by Crippen LogP contribution is -2.21. The number of nitrogens with zero attached hydrogens (tertiary/aromatic N) is 2. The average Bonchev–Trinajstić information content (AvgIpc) is 3.17. The van der Waals surface area contributed by atoms with Gasteiger partial charge in [0.25, 0.3) is 5.91 Å². The van der Waals surface area contributed by atoms with Crippen LogP contribution in [-0.4, -0.2) is 18.2 Å². The Kier molecular flexibility index (Phi) is 6.74. The third-order valence-corrected chi connectivity index (χ3v) is 6.18. The Morgan fingerprint density at radius 3 is 2.44 bits per heavy atom. The number of carbonyl (C=O) groups is 1. The number of halogens is 1. The summed E-state index contributed by atoms with van der Waals surface area (Å²) in [7, 11) is 0. The third-order valence-electron chi connectivity index (χ3n) is 5.90. The number of anilines is 1. The van der Waals surface area contributed by atoms with Gasteiger partial charge in [-0.2, -0.15) is 10.1 Å². The first kappa shape index (κ1) is 23.6. The average molecular weight is 497 g/mol.